The summed E-state index contributed by atoms with van der Waals surface area (Å²) in [7, 11) is 0. The van der Waals surface area contributed by atoms with Gasteiger partial charge in [0.25, 0.3) is 0 Å². The summed E-state index contributed by atoms with van der Waals surface area (Å²) in [5.41, 5.74) is 0.423. The standard InChI is InChI=1S/C22H20N2O7/c23-13-15-9-19-20(10-16(15)14-24)31-22-12-18-17(11-21(22)30-19)28-7-5-26-3-1-25-2-4-27-6-8-29-18/h9-12H,1-8H2. The highest BCUT2D eigenvalue weighted by atomic mass is 16.6. The highest BCUT2D eigenvalue weighted by Gasteiger charge is 2.24. The average Bonchev–Trinajstić information content (AvgIpc) is 2.80. The van der Waals surface area contributed by atoms with E-state index in [1.54, 1.807) is 12.1 Å². The molecule has 2 heterocycles. The lowest BCUT2D eigenvalue weighted by molar-refractivity contribution is 0.00708. The zero-order valence-electron chi connectivity index (χ0n) is 16.7. The molecule has 0 amide bonds. The monoisotopic (exact) mass is 424 g/mol. The van der Waals surface area contributed by atoms with Gasteiger partial charge in [0.1, 0.15) is 25.4 Å². The van der Waals surface area contributed by atoms with Gasteiger partial charge in [0.15, 0.2) is 34.5 Å². The summed E-state index contributed by atoms with van der Waals surface area (Å²) >= 11 is 0. The van der Waals surface area contributed by atoms with Gasteiger partial charge in [-0.25, -0.2) is 0 Å². The molecule has 0 saturated carbocycles. The first-order chi connectivity index (χ1) is 15.3. The third kappa shape index (κ3) is 4.98. The maximum absolute atomic E-state index is 9.25. The molecule has 31 heavy (non-hydrogen) atoms. The van der Waals surface area contributed by atoms with Crippen molar-refractivity contribution in [2.45, 2.75) is 0 Å². The van der Waals surface area contributed by atoms with E-state index in [4.69, 9.17) is 33.2 Å². The molecule has 0 radical (unpaired) electrons. The zero-order chi connectivity index (χ0) is 21.5. The molecular weight excluding hydrogens is 404 g/mol. The van der Waals surface area contributed by atoms with Crippen LogP contribution < -0.4 is 18.9 Å². The van der Waals surface area contributed by atoms with Crippen LogP contribution in [0.5, 0.6) is 34.5 Å². The summed E-state index contributed by atoms with van der Waals surface area (Å²) in [6, 6.07) is 10.3. The van der Waals surface area contributed by atoms with Crippen LogP contribution in [0.25, 0.3) is 0 Å². The van der Waals surface area contributed by atoms with E-state index >= 15 is 0 Å². The molecule has 0 aliphatic carbocycles. The molecule has 9 nitrogen and oxygen atoms in total. The molecule has 0 aromatic heterocycles. The van der Waals surface area contributed by atoms with Crippen molar-refractivity contribution < 1.29 is 33.2 Å². The Balaban J connectivity index is 1.58. The smallest absolute Gasteiger partial charge is 0.174 e. The van der Waals surface area contributed by atoms with E-state index in [2.05, 4.69) is 0 Å². The van der Waals surface area contributed by atoms with Gasteiger partial charge >= 0.3 is 0 Å². The largest absolute Gasteiger partial charge is 0.487 e. The number of hydrogen-bond donors (Lipinski definition) is 0. The molecule has 160 valence electrons. The lowest BCUT2D eigenvalue weighted by Crippen LogP contribution is -2.13. The van der Waals surface area contributed by atoms with Crippen molar-refractivity contribution in [1.29, 1.82) is 10.5 Å². The molecule has 0 bridgehead atoms. The number of hydrogen-bond acceptors (Lipinski definition) is 9. The molecule has 4 rings (SSSR count). The summed E-state index contributed by atoms with van der Waals surface area (Å²) in [4.78, 5) is 0. The second kappa shape index (κ2) is 10.0. The van der Waals surface area contributed by atoms with Gasteiger partial charge in [-0.1, -0.05) is 0 Å². The molecular formula is C22H20N2O7. The first-order valence-electron chi connectivity index (χ1n) is 9.79. The van der Waals surface area contributed by atoms with E-state index < -0.39 is 0 Å². The van der Waals surface area contributed by atoms with Crippen molar-refractivity contribution >= 4 is 0 Å². The lowest BCUT2D eigenvalue weighted by atomic mass is 10.1. The molecule has 2 aliphatic heterocycles. The van der Waals surface area contributed by atoms with Crippen LogP contribution in [0, 0.1) is 22.7 Å². The minimum Gasteiger partial charge on any atom is -0.487 e. The molecule has 0 atom stereocenters. The molecule has 2 aromatic rings. The summed E-state index contributed by atoms with van der Waals surface area (Å²) in [6.45, 7) is 3.32. The summed E-state index contributed by atoms with van der Waals surface area (Å²) in [5.74, 6) is 2.44. The third-order valence-corrected chi connectivity index (χ3v) is 4.49. The molecule has 2 aliphatic rings. The zero-order valence-corrected chi connectivity index (χ0v) is 16.7. The second-order valence-electron chi connectivity index (χ2n) is 6.55. The van der Waals surface area contributed by atoms with Crippen LogP contribution in [0.2, 0.25) is 0 Å². The van der Waals surface area contributed by atoms with Crippen molar-refractivity contribution in [3.05, 3.63) is 35.4 Å². The Morgan fingerprint density at radius 2 is 0.839 bits per heavy atom. The Labute approximate surface area is 179 Å². The van der Waals surface area contributed by atoms with E-state index in [1.807, 2.05) is 12.1 Å². The van der Waals surface area contributed by atoms with Crippen LogP contribution in [-0.4, -0.2) is 52.9 Å². The Bertz CT molecular complexity index is 946. The SMILES string of the molecule is N#Cc1cc2c(cc1C#N)Oc1cc3c(cc1O2)OCCOCCOCCOCCO3. The minimum atomic E-state index is 0.211. The number of benzene rings is 2. The summed E-state index contributed by atoms with van der Waals surface area (Å²) in [6.07, 6.45) is 0. The minimum absolute atomic E-state index is 0.211. The number of rotatable bonds is 0. The number of nitrogens with zero attached hydrogens (tertiary/aromatic N) is 2. The van der Waals surface area contributed by atoms with Gasteiger partial charge in [-0.2, -0.15) is 10.5 Å². The highest BCUT2D eigenvalue weighted by molar-refractivity contribution is 5.64. The van der Waals surface area contributed by atoms with E-state index in [-0.39, 0.29) is 11.1 Å². The normalized spacial score (nSPS) is 16.6. The van der Waals surface area contributed by atoms with Gasteiger partial charge < -0.3 is 33.2 Å². The van der Waals surface area contributed by atoms with Crippen molar-refractivity contribution in [3.63, 3.8) is 0 Å². The molecule has 2 aromatic carbocycles. The summed E-state index contributed by atoms with van der Waals surface area (Å²) in [5, 5.41) is 18.5. The number of nitriles is 2. The van der Waals surface area contributed by atoms with Gasteiger partial charge in [0.05, 0.1) is 50.8 Å². The molecule has 0 N–H and O–H groups in total. The van der Waals surface area contributed by atoms with E-state index in [0.29, 0.717) is 87.4 Å². The van der Waals surface area contributed by atoms with E-state index in [1.165, 1.54) is 12.1 Å². The van der Waals surface area contributed by atoms with E-state index in [0.717, 1.165) is 0 Å². The molecule has 9 heteroatoms. The maximum atomic E-state index is 9.25. The molecule has 0 fully saturated rings. The quantitative estimate of drug-likeness (QED) is 0.537. The van der Waals surface area contributed by atoms with Crippen molar-refractivity contribution in [3.8, 4) is 46.6 Å². The van der Waals surface area contributed by atoms with Crippen LogP contribution in [0.1, 0.15) is 11.1 Å². The predicted octanol–water partition coefficient (Wildman–Crippen LogP) is 3.15. The van der Waals surface area contributed by atoms with Gasteiger partial charge in [0, 0.05) is 24.3 Å². The topological polar surface area (TPSA) is 112 Å². The number of ether oxygens (including phenoxy) is 7. The first-order valence-corrected chi connectivity index (χ1v) is 9.79. The Kier molecular flexibility index (Phi) is 6.70. The Morgan fingerprint density at radius 1 is 0.484 bits per heavy atom. The van der Waals surface area contributed by atoms with Crippen LogP contribution in [0.3, 0.4) is 0 Å². The van der Waals surface area contributed by atoms with Crippen molar-refractivity contribution in [2.24, 2.45) is 0 Å². The van der Waals surface area contributed by atoms with E-state index in [9.17, 15) is 10.5 Å². The predicted molar refractivity (Wildman–Crippen MR) is 106 cm³/mol. The van der Waals surface area contributed by atoms with Crippen LogP contribution in [0.4, 0.5) is 0 Å². The molecule has 0 saturated heterocycles. The van der Waals surface area contributed by atoms with Crippen molar-refractivity contribution in [1.82, 2.24) is 0 Å². The Hall–Kier alpha value is -3.50. The van der Waals surface area contributed by atoms with Gasteiger partial charge in [-0.15, -0.1) is 0 Å². The second-order valence-corrected chi connectivity index (χ2v) is 6.55. The van der Waals surface area contributed by atoms with Crippen LogP contribution in [-0.2, 0) is 14.2 Å². The van der Waals surface area contributed by atoms with Crippen LogP contribution in [0.15, 0.2) is 24.3 Å². The maximum Gasteiger partial charge on any atom is 0.174 e. The third-order valence-electron chi connectivity index (χ3n) is 4.49. The van der Waals surface area contributed by atoms with Gasteiger partial charge in [0.2, 0.25) is 0 Å². The highest BCUT2D eigenvalue weighted by Crippen LogP contribution is 2.50. The first kappa shape index (κ1) is 20.8. The fourth-order valence-corrected chi connectivity index (χ4v) is 3.01. The summed E-state index contributed by atoms with van der Waals surface area (Å²) < 4.78 is 39.9. The Morgan fingerprint density at radius 3 is 1.23 bits per heavy atom. The number of fused-ring (bicyclic) bond motifs is 3. The van der Waals surface area contributed by atoms with Gasteiger partial charge in [-0.3, -0.25) is 0 Å². The average molecular weight is 424 g/mol. The fraction of sp³-hybridized carbons (Fsp3) is 0.364. The lowest BCUT2D eigenvalue weighted by Gasteiger charge is -2.23. The molecule has 0 unspecified atom stereocenters. The van der Waals surface area contributed by atoms with Crippen LogP contribution >= 0.6 is 0 Å². The fourth-order valence-electron chi connectivity index (χ4n) is 3.01. The molecule has 0 spiro atoms. The van der Waals surface area contributed by atoms with Crippen molar-refractivity contribution in [2.75, 3.05) is 52.9 Å². The van der Waals surface area contributed by atoms with Gasteiger partial charge in [-0.05, 0) is 0 Å².